The molecule has 1 fully saturated rings. The second kappa shape index (κ2) is 6.73. The molecule has 0 unspecified atom stereocenters. The van der Waals surface area contributed by atoms with Crippen molar-refractivity contribution in [2.45, 2.75) is 25.5 Å². The van der Waals surface area contributed by atoms with Gasteiger partial charge in [-0.2, -0.15) is 0 Å². The zero-order valence-corrected chi connectivity index (χ0v) is 10.7. The molecule has 2 rings (SSSR count). The summed E-state index contributed by atoms with van der Waals surface area (Å²) in [5.41, 5.74) is 6.68. The highest BCUT2D eigenvalue weighted by Crippen LogP contribution is 2.13. The first-order valence-electron chi connectivity index (χ1n) is 6.60. The number of rotatable bonds is 5. The molecule has 18 heavy (non-hydrogen) atoms. The molecular weight excluding hydrogens is 228 g/mol. The monoisotopic (exact) mass is 250 g/mol. The van der Waals surface area contributed by atoms with Gasteiger partial charge in [0.2, 0.25) is 0 Å². The second-order valence-corrected chi connectivity index (χ2v) is 4.77. The number of benzene rings is 1. The maximum absolute atomic E-state index is 9.42. The van der Waals surface area contributed by atoms with Crippen molar-refractivity contribution in [1.29, 1.82) is 0 Å². The molecule has 0 aliphatic carbocycles. The van der Waals surface area contributed by atoms with Crippen LogP contribution in [-0.4, -0.2) is 42.4 Å². The molecule has 1 aromatic rings. The van der Waals surface area contributed by atoms with Crippen LogP contribution in [0.4, 0.5) is 0 Å². The lowest BCUT2D eigenvalue weighted by molar-refractivity contribution is 0.0755. The number of aliphatic hydroxyl groups is 1. The molecule has 0 aromatic heterocycles. The highest BCUT2D eigenvalue weighted by atomic mass is 16.5. The van der Waals surface area contributed by atoms with Crippen LogP contribution in [0.25, 0.3) is 0 Å². The van der Waals surface area contributed by atoms with Crippen LogP contribution >= 0.6 is 0 Å². The summed E-state index contributed by atoms with van der Waals surface area (Å²) in [6.07, 6.45) is 1.65. The topological polar surface area (TPSA) is 58.7 Å². The highest BCUT2D eigenvalue weighted by Gasteiger charge is 2.16. The van der Waals surface area contributed by atoms with Gasteiger partial charge in [-0.25, -0.2) is 0 Å². The van der Waals surface area contributed by atoms with E-state index in [-0.39, 0.29) is 6.10 Å². The van der Waals surface area contributed by atoms with E-state index in [1.165, 1.54) is 0 Å². The summed E-state index contributed by atoms with van der Waals surface area (Å²) in [5.74, 6) is 0.884. The van der Waals surface area contributed by atoms with E-state index in [4.69, 9.17) is 10.5 Å². The van der Waals surface area contributed by atoms with Crippen LogP contribution in [0.2, 0.25) is 0 Å². The zero-order valence-electron chi connectivity index (χ0n) is 10.7. The predicted molar refractivity (Wildman–Crippen MR) is 71.5 cm³/mol. The molecule has 3 N–H and O–H groups in total. The van der Waals surface area contributed by atoms with E-state index in [0.717, 1.165) is 43.8 Å². The summed E-state index contributed by atoms with van der Waals surface area (Å²) in [5, 5.41) is 9.42. The van der Waals surface area contributed by atoms with E-state index >= 15 is 0 Å². The normalized spacial score (nSPS) is 17.9. The Morgan fingerprint density at radius 2 is 2.11 bits per heavy atom. The minimum absolute atomic E-state index is 0.108. The molecule has 1 heterocycles. The number of hydrogen-bond donors (Lipinski definition) is 2. The molecule has 0 atom stereocenters. The van der Waals surface area contributed by atoms with Crippen LogP contribution in [0.3, 0.4) is 0 Å². The van der Waals surface area contributed by atoms with Gasteiger partial charge in [0.05, 0.1) is 6.10 Å². The van der Waals surface area contributed by atoms with Crippen molar-refractivity contribution < 1.29 is 9.84 Å². The summed E-state index contributed by atoms with van der Waals surface area (Å²) < 4.78 is 5.72. The number of nitrogens with zero attached hydrogens (tertiary/aromatic N) is 1. The third-order valence-electron chi connectivity index (χ3n) is 3.37. The van der Waals surface area contributed by atoms with Gasteiger partial charge >= 0.3 is 0 Å². The van der Waals surface area contributed by atoms with Crippen molar-refractivity contribution in [2.75, 3.05) is 26.2 Å². The first-order valence-corrected chi connectivity index (χ1v) is 6.60. The largest absolute Gasteiger partial charge is 0.492 e. The lowest BCUT2D eigenvalue weighted by atomic mass is 10.1. The van der Waals surface area contributed by atoms with E-state index in [9.17, 15) is 5.11 Å². The SMILES string of the molecule is NCc1cccc(OCCN2CCC(O)CC2)c1. The number of piperidine rings is 1. The average Bonchev–Trinajstić information content (AvgIpc) is 2.41. The number of hydrogen-bond acceptors (Lipinski definition) is 4. The fraction of sp³-hybridized carbons (Fsp3) is 0.571. The van der Waals surface area contributed by atoms with Gasteiger partial charge in [0.25, 0.3) is 0 Å². The van der Waals surface area contributed by atoms with Crippen molar-refractivity contribution >= 4 is 0 Å². The Labute approximate surface area is 108 Å². The number of likely N-dealkylation sites (tertiary alicyclic amines) is 1. The quantitative estimate of drug-likeness (QED) is 0.818. The van der Waals surface area contributed by atoms with E-state index in [1.54, 1.807) is 0 Å². The summed E-state index contributed by atoms with van der Waals surface area (Å²) in [7, 11) is 0. The molecule has 0 bridgehead atoms. The van der Waals surface area contributed by atoms with Crippen molar-refractivity contribution in [3.05, 3.63) is 29.8 Å². The summed E-state index contributed by atoms with van der Waals surface area (Å²) in [6.45, 7) is 4.08. The third kappa shape index (κ3) is 3.98. The maximum Gasteiger partial charge on any atom is 0.119 e. The number of ether oxygens (including phenoxy) is 1. The van der Waals surface area contributed by atoms with E-state index in [2.05, 4.69) is 4.90 Å². The molecule has 4 nitrogen and oxygen atoms in total. The fourth-order valence-corrected chi connectivity index (χ4v) is 2.20. The molecule has 1 aliphatic heterocycles. The smallest absolute Gasteiger partial charge is 0.119 e. The van der Waals surface area contributed by atoms with Crippen LogP contribution in [0.1, 0.15) is 18.4 Å². The van der Waals surface area contributed by atoms with Crippen LogP contribution in [0, 0.1) is 0 Å². The van der Waals surface area contributed by atoms with E-state index in [1.807, 2.05) is 24.3 Å². The number of aliphatic hydroxyl groups excluding tert-OH is 1. The Morgan fingerprint density at radius 3 is 2.83 bits per heavy atom. The van der Waals surface area contributed by atoms with Gasteiger partial charge in [-0.15, -0.1) is 0 Å². The molecule has 1 aromatic carbocycles. The van der Waals surface area contributed by atoms with Gasteiger partial charge in [-0.1, -0.05) is 12.1 Å². The van der Waals surface area contributed by atoms with E-state index < -0.39 is 0 Å². The minimum Gasteiger partial charge on any atom is -0.492 e. The average molecular weight is 250 g/mol. The Hall–Kier alpha value is -1.10. The summed E-state index contributed by atoms with van der Waals surface area (Å²) in [6, 6.07) is 7.91. The lowest BCUT2D eigenvalue weighted by Gasteiger charge is -2.29. The van der Waals surface area contributed by atoms with Gasteiger partial charge in [0, 0.05) is 26.2 Å². The van der Waals surface area contributed by atoms with Crippen molar-refractivity contribution in [1.82, 2.24) is 4.90 Å². The van der Waals surface area contributed by atoms with Crippen molar-refractivity contribution in [3.8, 4) is 5.75 Å². The Balaban J connectivity index is 1.71. The second-order valence-electron chi connectivity index (χ2n) is 4.77. The van der Waals surface area contributed by atoms with Gasteiger partial charge in [-0.05, 0) is 30.5 Å². The zero-order chi connectivity index (χ0) is 12.8. The minimum atomic E-state index is -0.108. The Bertz CT molecular complexity index is 363. The molecule has 1 aliphatic rings. The number of nitrogens with two attached hydrogens (primary N) is 1. The van der Waals surface area contributed by atoms with Gasteiger partial charge in [0.1, 0.15) is 12.4 Å². The van der Waals surface area contributed by atoms with Gasteiger partial charge < -0.3 is 15.6 Å². The van der Waals surface area contributed by atoms with Crippen LogP contribution in [-0.2, 0) is 6.54 Å². The van der Waals surface area contributed by atoms with E-state index in [0.29, 0.717) is 13.2 Å². The van der Waals surface area contributed by atoms with Gasteiger partial charge in [0.15, 0.2) is 0 Å². The molecule has 0 amide bonds. The molecule has 0 spiro atoms. The molecule has 4 heteroatoms. The molecule has 0 saturated carbocycles. The third-order valence-corrected chi connectivity index (χ3v) is 3.37. The van der Waals surface area contributed by atoms with Crippen molar-refractivity contribution in [2.24, 2.45) is 5.73 Å². The van der Waals surface area contributed by atoms with Gasteiger partial charge in [-0.3, -0.25) is 4.90 Å². The molecule has 1 saturated heterocycles. The van der Waals surface area contributed by atoms with Crippen LogP contribution in [0.5, 0.6) is 5.75 Å². The fourth-order valence-electron chi connectivity index (χ4n) is 2.20. The summed E-state index contributed by atoms with van der Waals surface area (Å²) in [4.78, 5) is 2.33. The first-order chi connectivity index (χ1) is 8.78. The van der Waals surface area contributed by atoms with Crippen molar-refractivity contribution in [3.63, 3.8) is 0 Å². The molecular formula is C14H22N2O2. The Morgan fingerprint density at radius 1 is 1.33 bits per heavy atom. The van der Waals surface area contributed by atoms with Crippen LogP contribution < -0.4 is 10.5 Å². The standard InChI is InChI=1S/C14H22N2O2/c15-11-12-2-1-3-14(10-12)18-9-8-16-6-4-13(17)5-7-16/h1-3,10,13,17H,4-9,11,15H2. The summed E-state index contributed by atoms with van der Waals surface area (Å²) >= 11 is 0. The first kappa shape index (κ1) is 13.3. The predicted octanol–water partition coefficient (Wildman–Crippen LogP) is 0.981. The Kier molecular flexibility index (Phi) is 4.99. The lowest BCUT2D eigenvalue weighted by Crippen LogP contribution is -2.38. The van der Waals surface area contributed by atoms with Crippen LogP contribution in [0.15, 0.2) is 24.3 Å². The maximum atomic E-state index is 9.42. The highest BCUT2D eigenvalue weighted by molar-refractivity contribution is 5.28. The molecule has 100 valence electrons. The molecule has 0 radical (unpaired) electrons.